The molecule has 0 atom stereocenters. The number of ether oxygens (including phenoxy) is 2. The van der Waals surface area contributed by atoms with Crippen molar-refractivity contribution in [3.05, 3.63) is 87.6 Å². The smallest absolute Gasteiger partial charge is 0.410 e. The lowest BCUT2D eigenvalue weighted by Gasteiger charge is -2.29. The minimum atomic E-state index is -0.650. The molecule has 1 aliphatic rings. The number of benzene rings is 2. The summed E-state index contributed by atoms with van der Waals surface area (Å²) in [7, 11) is 1.65. The second kappa shape index (κ2) is 11.1. The zero-order chi connectivity index (χ0) is 31.3. The van der Waals surface area contributed by atoms with Gasteiger partial charge in [0.1, 0.15) is 17.2 Å². The average molecular weight is 602 g/mol. The SMILES string of the molecule is COCCn1ncc2cc(-n3ccn(-c4c5c(nn4-c4cc(C)c(F)c(C)c4)CCN(C(=O)OC(C)(C)C)C5)c3=O)ccc21. The van der Waals surface area contributed by atoms with Crippen LogP contribution in [0.25, 0.3) is 28.1 Å². The summed E-state index contributed by atoms with van der Waals surface area (Å²) in [5.41, 5.74) is 3.72. The molecule has 5 aromatic rings. The third-order valence-corrected chi connectivity index (χ3v) is 7.74. The van der Waals surface area contributed by atoms with Gasteiger partial charge in [-0.05, 0) is 76.1 Å². The maximum Gasteiger partial charge on any atom is 0.410 e. The molecule has 0 radical (unpaired) electrons. The number of amides is 1. The minimum absolute atomic E-state index is 0.211. The van der Waals surface area contributed by atoms with Gasteiger partial charge >= 0.3 is 11.8 Å². The summed E-state index contributed by atoms with van der Waals surface area (Å²) in [5, 5.41) is 10.2. The first-order valence-electron chi connectivity index (χ1n) is 14.6. The number of methoxy groups -OCH3 is 1. The number of imidazole rings is 1. The molecule has 1 aliphatic heterocycles. The molecule has 0 N–H and O–H groups in total. The fraction of sp³-hybridized carbons (Fsp3) is 0.375. The van der Waals surface area contributed by atoms with E-state index in [1.165, 1.54) is 4.57 Å². The lowest BCUT2D eigenvalue weighted by Crippen LogP contribution is -2.40. The van der Waals surface area contributed by atoms with Crippen LogP contribution >= 0.6 is 0 Å². The molecule has 0 saturated carbocycles. The Morgan fingerprint density at radius 2 is 1.77 bits per heavy atom. The number of carbonyl (C=O) groups is 1. The second-order valence-electron chi connectivity index (χ2n) is 12.1. The molecular formula is C32H36FN7O4. The predicted molar refractivity (Wildman–Crippen MR) is 163 cm³/mol. The number of rotatable bonds is 6. The molecule has 0 spiro atoms. The molecular weight excluding hydrogens is 565 g/mol. The van der Waals surface area contributed by atoms with Gasteiger partial charge in [0.05, 0.1) is 48.5 Å². The lowest BCUT2D eigenvalue weighted by atomic mass is 10.1. The fourth-order valence-corrected chi connectivity index (χ4v) is 5.63. The maximum atomic E-state index is 14.6. The van der Waals surface area contributed by atoms with Gasteiger partial charge in [0.2, 0.25) is 0 Å². The van der Waals surface area contributed by atoms with Crippen molar-refractivity contribution in [1.29, 1.82) is 0 Å². The van der Waals surface area contributed by atoms with E-state index < -0.39 is 11.7 Å². The molecule has 1 amide bonds. The van der Waals surface area contributed by atoms with Crippen molar-refractivity contribution in [2.75, 3.05) is 20.3 Å². The van der Waals surface area contributed by atoms with Crippen LogP contribution in [-0.2, 0) is 29.0 Å². The maximum absolute atomic E-state index is 14.6. The zero-order valence-corrected chi connectivity index (χ0v) is 25.8. The topological polar surface area (TPSA) is 101 Å². The third kappa shape index (κ3) is 5.30. The molecule has 3 aromatic heterocycles. The summed E-state index contributed by atoms with van der Waals surface area (Å²) in [5.74, 6) is 0.212. The van der Waals surface area contributed by atoms with Crippen molar-refractivity contribution in [3.8, 4) is 17.2 Å². The first kappa shape index (κ1) is 29.4. The first-order valence-corrected chi connectivity index (χ1v) is 14.6. The average Bonchev–Trinajstić information content (AvgIpc) is 3.67. The summed E-state index contributed by atoms with van der Waals surface area (Å²) >= 11 is 0. The molecule has 12 heteroatoms. The van der Waals surface area contributed by atoms with E-state index in [1.54, 1.807) is 65.8 Å². The van der Waals surface area contributed by atoms with Crippen LogP contribution in [0.4, 0.5) is 9.18 Å². The number of hydrogen-bond acceptors (Lipinski definition) is 6. The van der Waals surface area contributed by atoms with E-state index in [9.17, 15) is 14.0 Å². The van der Waals surface area contributed by atoms with Crippen LogP contribution in [-0.4, -0.2) is 65.6 Å². The van der Waals surface area contributed by atoms with Crippen molar-refractivity contribution >= 4 is 17.0 Å². The van der Waals surface area contributed by atoms with E-state index in [2.05, 4.69) is 5.10 Å². The molecule has 230 valence electrons. The molecule has 6 rings (SSSR count). The van der Waals surface area contributed by atoms with E-state index in [4.69, 9.17) is 14.6 Å². The highest BCUT2D eigenvalue weighted by Crippen LogP contribution is 2.30. The molecule has 0 fully saturated rings. The van der Waals surface area contributed by atoms with Crippen LogP contribution in [0.5, 0.6) is 0 Å². The second-order valence-corrected chi connectivity index (χ2v) is 12.1. The number of aromatic nitrogens is 6. The van der Waals surface area contributed by atoms with Crippen LogP contribution in [0.2, 0.25) is 0 Å². The Balaban J connectivity index is 1.46. The van der Waals surface area contributed by atoms with E-state index in [1.807, 2.05) is 43.7 Å². The quantitative estimate of drug-likeness (QED) is 0.276. The molecule has 11 nitrogen and oxygen atoms in total. The number of carbonyl (C=O) groups excluding carboxylic acids is 1. The zero-order valence-electron chi connectivity index (χ0n) is 25.8. The Labute approximate surface area is 254 Å². The fourth-order valence-electron chi connectivity index (χ4n) is 5.63. The van der Waals surface area contributed by atoms with Gasteiger partial charge in [-0.3, -0.25) is 13.8 Å². The van der Waals surface area contributed by atoms with Crippen LogP contribution in [0, 0.1) is 19.7 Å². The van der Waals surface area contributed by atoms with Crippen LogP contribution < -0.4 is 5.69 Å². The lowest BCUT2D eigenvalue weighted by molar-refractivity contribution is 0.0223. The van der Waals surface area contributed by atoms with Gasteiger partial charge in [0.25, 0.3) is 0 Å². The summed E-state index contributed by atoms with van der Waals surface area (Å²) in [4.78, 5) is 28.8. The Bertz CT molecular complexity index is 1920. The van der Waals surface area contributed by atoms with Gasteiger partial charge in [-0.25, -0.2) is 18.7 Å². The Kier molecular flexibility index (Phi) is 7.40. The van der Waals surface area contributed by atoms with Gasteiger partial charge in [0.15, 0.2) is 0 Å². The van der Waals surface area contributed by atoms with Crippen molar-refractivity contribution in [1.82, 2.24) is 33.6 Å². The van der Waals surface area contributed by atoms with Gasteiger partial charge in [-0.1, -0.05) is 0 Å². The normalized spacial score (nSPS) is 13.5. The van der Waals surface area contributed by atoms with Crippen molar-refractivity contribution < 1.29 is 18.7 Å². The van der Waals surface area contributed by atoms with E-state index in [-0.39, 0.29) is 18.1 Å². The molecule has 0 bridgehead atoms. The van der Waals surface area contributed by atoms with E-state index >= 15 is 0 Å². The van der Waals surface area contributed by atoms with Gasteiger partial charge < -0.3 is 14.4 Å². The van der Waals surface area contributed by atoms with Gasteiger partial charge in [-0.15, -0.1) is 0 Å². The molecule has 44 heavy (non-hydrogen) atoms. The Hall–Kier alpha value is -4.71. The summed E-state index contributed by atoms with van der Waals surface area (Å²) < 4.78 is 32.1. The molecule has 4 heterocycles. The Morgan fingerprint density at radius 1 is 1.05 bits per heavy atom. The van der Waals surface area contributed by atoms with E-state index in [0.29, 0.717) is 54.4 Å². The number of hydrogen-bond donors (Lipinski definition) is 0. The number of fused-ring (bicyclic) bond motifs is 2. The highest BCUT2D eigenvalue weighted by Gasteiger charge is 2.32. The number of aryl methyl sites for hydroxylation is 2. The van der Waals surface area contributed by atoms with Gasteiger partial charge in [0, 0.05) is 43.4 Å². The van der Waals surface area contributed by atoms with Crippen LogP contribution in [0.1, 0.15) is 43.2 Å². The summed E-state index contributed by atoms with van der Waals surface area (Å²) in [6, 6.07) is 9.16. The number of nitrogens with zero attached hydrogens (tertiary/aromatic N) is 7. The summed E-state index contributed by atoms with van der Waals surface area (Å²) in [6.07, 6.45) is 5.22. The molecule has 0 aliphatic carbocycles. The highest BCUT2D eigenvalue weighted by atomic mass is 19.1. The third-order valence-electron chi connectivity index (χ3n) is 7.74. The molecule has 0 unspecified atom stereocenters. The molecule has 0 saturated heterocycles. The van der Waals surface area contributed by atoms with Gasteiger partial charge in [-0.2, -0.15) is 10.2 Å². The predicted octanol–water partition coefficient (Wildman–Crippen LogP) is 4.86. The van der Waals surface area contributed by atoms with Crippen LogP contribution in [0.15, 0.2) is 53.7 Å². The first-order chi connectivity index (χ1) is 20.9. The van der Waals surface area contributed by atoms with Crippen molar-refractivity contribution in [2.45, 2.75) is 59.7 Å². The van der Waals surface area contributed by atoms with Crippen LogP contribution in [0.3, 0.4) is 0 Å². The highest BCUT2D eigenvalue weighted by molar-refractivity contribution is 5.81. The monoisotopic (exact) mass is 601 g/mol. The number of halogens is 1. The standard InChI is InChI=1S/C32H36FN7O4/c1-20-15-24(16-21(2)28(20)33)40-29(25-19-36(10-9-26(25)35-40)31(42)44-32(3,4)5)38-12-11-37(30(38)41)23-7-8-27-22(17-23)18-34-39(27)13-14-43-6/h7-8,11-12,15-18H,9-10,13-14,19H2,1-6H3. The van der Waals surface area contributed by atoms with E-state index in [0.717, 1.165) is 22.2 Å². The Morgan fingerprint density at radius 3 is 2.48 bits per heavy atom. The largest absolute Gasteiger partial charge is 0.444 e. The minimum Gasteiger partial charge on any atom is -0.444 e. The van der Waals surface area contributed by atoms with Crippen molar-refractivity contribution in [3.63, 3.8) is 0 Å². The molecule has 2 aromatic carbocycles. The van der Waals surface area contributed by atoms with Crippen molar-refractivity contribution in [2.24, 2.45) is 0 Å². The summed E-state index contributed by atoms with van der Waals surface area (Å²) in [6.45, 7) is 10.7.